The average Bonchev–Trinajstić information content (AvgIpc) is 2.48. The molecule has 0 fully saturated rings. The molecule has 0 aromatic heterocycles. The summed E-state index contributed by atoms with van der Waals surface area (Å²) in [7, 11) is -4.01. The maximum Gasteiger partial charge on any atom is 0.339 e. The van der Waals surface area contributed by atoms with Crippen molar-refractivity contribution in [3.63, 3.8) is 0 Å². The lowest BCUT2D eigenvalue weighted by atomic mass is 10.2. The summed E-state index contributed by atoms with van der Waals surface area (Å²) < 4.78 is 29.4. The van der Waals surface area contributed by atoms with Gasteiger partial charge in [0.15, 0.2) is 0 Å². The number of benzene rings is 2. The molecule has 6 nitrogen and oxygen atoms in total. The van der Waals surface area contributed by atoms with Gasteiger partial charge >= 0.3 is 16.1 Å². The van der Waals surface area contributed by atoms with Gasteiger partial charge in [-0.25, -0.2) is 4.79 Å². The van der Waals surface area contributed by atoms with Crippen LogP contribution in [0.4, 0.5) is 0 Å². The first kappa shape index (κ1) is 16.6. The fourth-order valence-corrected chi connectivity index (χ4v) is 2.68. The zero-order chi connectivity index (χ0) is 17.0. The molecule has 0 aliphatic heterocycles. The van der Waals surface area contributed by atoms with Crippen LogP contribution in [0, 0.1) is 6.92 Å². The highest BCUT2D eigenvalue weighted by atomic mass is 32.2. The normalized spacial score (nSPS) is 11.5. The van der Waals surface area contributed by atoms with Crippen LogP contribution < -0.4 is 4.18 Å². The number of aryl methyl sites for hydroxylation is 1. The van der Waals surface area contributed by atoms with Gasteiger partial charge in [-0.1, -0.05) is 17.7 Å². The number of aliphatic carboxylic acids is 1. The molecule has 0 heterocycles. The van der Waals surface area contributed by atoms with Crippen molar-refractivity contribution < 1.29 is 27.6 Å². The van der Waals surface area contributed by atoms with Gasteiger partial charge in [0, 0.05) is 11.6 Å². The van der Waals surface area contributed by atoms with Crippen LogP contribution in [0.15, 0.2) is 53.4 Å². The molecular formula is C16H14O6S. The molecule has 2 aromatic carbocycles. The number of phenols is 1. The van der Waals surface area contributed by atoms with Crippen molar-refractivity contribution >= 4 is 22.2 Å². The molecule has 0 saturated carbocycles. The van der Waals surface area contributed by atoms with E-state index in [1.165, 1.54) is 30.3 Å². The maximum atomic E-state index is 12.2. The monoisotopic (exact) mass is 334 g/mol. The summed E-state index contributed by atoms with van der Waals surface area (Å²) in [5.41, 5.74) is 1.04. The van der Waals surface area contributed by atoms with Crippen molar-refractivity contribution in [3.8, 4) is 11.5 Å². The highest BCUT2D eigenvalue weighted by Gasteiger charge is 2.17. The second kappa shape index (κ2) is 6.53. The van der Waals surface area contributed by atoms with Gasteiger partial charge in [0.25, 0.3) is 0 Å². The topological polar surface area (TPSA) is 101 Å². The molecule has 0 aliphatic carbocycles. The van der Waals surface area contributed by atoms with Crippen molar-refractivity contribution in [3.05, 3.63) is 59.7 Å². The number of carboxylic acids is 1. The minimum Gasteiger partial charge on any atom is -0.507 e. The molecule has 2 aromatic rings. The van der Waals surface area contributed by atoms with Crippen LogP contribution >= 0.6 is 0 Å². The van der Waals surface area contributed by atoms with Gasteiger partial charge in [-0.2, -0.15) is 8.42 Å². The molecular weight excluding hydrogens is 320 g/mol. The highest BCUT2D eigenvalue weighted by Crippen LogP contribution is 2.26. The highest BCUT2D eigenvalue weighted by molar-refractivity contribution is 7.87. The third-order valence-electron chi connectivity index (χ3n) is 2.92. The number of hydrogen-bond acceptors (Lipinski definition) is 5. The Labute approximate surface area is 133 Å². The lowest BCUT2D eigenvalue weighted by Gasteiger charge is -2.08. The lowest BCUT2D eigenvalue weighted by Crippen LogP contribution is -2.09. The largest absolute Gasteiger partial charge is 0.507 e. The van der Waals surface area contributed by atoms with Gasteiger partial charge in [0.2, 0.25) is 0 Å². The number of rotatable bonds is 5. The smallest absolute Gasteiger partial charge is 0.339 e. The Hall–Kier alpha value is -2.80. The Morgan fingerprint density at radius 3 is 2.39 bits per heavy atom. The minimum absolute atomic E-state index is 0.00111. The predicted octanol–water partition coefficient (Wildman–Crippen LogP) is 2.57. The number of carboxylic acid groups (broad SMARTS) is 1. The summed E-state index contributed by atoms with van der Waals surface area (Å²) in [6, 6.07) is 9.88. The van der Waals surface area contributed by atoms with Crippen LogP contribution in [0.1, 0.15) is 11.1 Å². The van der Waals surface area contributed by atoms with E-state index in [-0.39, 0.29) is 22.0 Å². The second-order valence-corrected chi connectivity index (χ2v) is 6.29. The molecule has 2 N–H and O–H groups in total. The number of phenolic OH excluding ortho intramolecular Hbond substituents is 1. The molecule has 0 unspecified atom stereocenters. The third kappa shape index (κ3) is 4.33. The molecule has 0 radical (unpaired) electrons. The second-order valence-electron chi connectivity index (χ2n) is 4.74. The number of hydrogen-bond donors (Lipinski definition) is 2. The summed E-state index contributed by atoms with van der Waals surface area (Å²) in [6.45, 7) is 1.83. The van der Waals surface area contributed by atoms with Crippen molar-refractivity contribution in [1.82, 2.24) is 0 Å². The maximum absolute atomic E-state index is 12.2. The Morgan fingerprint density at radius 2 is 1.78 bits per heavy atom. The number of carbonyl (C=O) groups is 1. The van der Waals surface area contributed by atoms with Crippen LogP contribution in [-0.4, -0.2) is 24.6 Å². The quantitative estimate of drug-likeness (QED) is 0.644. The predicted molar refractivity (Wildman–Crippen MR) is 83.8 cm³/mol. The molecule has 0 saturated heterocycles. The summed E-state index contributed by atoms with van der Waals surface area (Å²) in [4.78, 5) is 10.5. The Morgan fingerprint density at radius 1 is 1.13 bits per heavy atom. The average molecular weight is 334 g/mol. The van der Waals surface area contributed by atoms with Gasteiger partial charge < -0.3 is 14.4 Å². The molecule has 0 bridgehead atoms. The van der Waals surface area contributed by atoms with E-state index >= 15 is 0 Å². The van der Waals surface area contributed by atoms with Crippen LogP contribution in [0.3, 0.4) is 0 Å². The molecule has 0 amide bonds. The van der Waals surface area contributed by atoms with Gasteiger partial charge in [0.1, 0.15) is 16.4 Å². The van der Waals surface area contributed by atoms with Crippen LogP contribution in [0.5, 0.6) is 11.5 Å². The van der Waals surface area contributed by atoms with E-state index in [2.05, 4.69) is 0 Å². The van der Waals surface area contributed by atoms with Crippen molar-refractivity contribution in [1.29, 1.82) is 0 Å². The van der Waals surface area contributed by atoms with Gasteiger partial charge in [-0.3, -0.25) is 0 Å². The molecule has 7 heteroatoms. The first-order valence-corrected chi connectivity index (χ1v) is 7.94. The first-order chi connectivity index (χ1) is 10.8. The van der Waals surface area contributed by atoms with Crippen LogP contribution in [-0.2, 0) is 14.9 Å². The Kier molecular flexibility index (Phi) is 4.71. The number of aromatic hydroxyl groups is 1. The standard InChI is InChI=1S/C16H14O6S/c1-11-2-6-14(7-3-11)23(20,21)22-13-5-8-15(17)12(10-13)4-9-16(18)19/h2-10,17H,1H3,(H,18,19). The van der Waals surface area contributed by atoms with Crippen LogP contribution in [0.2, 0.25) is 0 Å². The summed E-state index contributed by atoms with van der Waals surface area (Å²) in [6.07, 6.45) is 1.97. The third-order valence-corrected chi connectivity index (χ3v) is 4.18. The Balaban J connectivity index is 2.31. The fourth-order valence-electron chi connectivity index (χ4n) is 1.76. The zero-order valence-electron chi connectivity index (χ0n) is 12.1. The van der Waals surface area contributed by atoms with E-state index < -0.39 is 16.1 Å². The molecule has 0 spiro atoms. The zero-order valence-corrected chi connectivity index (χ0v) is 12.9. The van der Waals surface area contributed by atoms with E-state index in [9.17, 15) is 18.3 Å². The molecule has 0 atom stereocenters. The van der Waals surface area contributed by atoms with Crippen LogP contribution in [0.25, 0.3) is 6.08 Å². The van der Waals surface area contributed by atoms with Gasteiger partial charge in [0.05, 0.1) is 0 Å². The van der Waals surface area contributed by atoms with Gasteiger partial charge in [-0.05, 0) is 43.3 Å². The fraction of sp³-hybridized carbons (Fsp3) is 0.0625. The van der Waals surface area contributed by atoms with E-state index in [1.54, 1.807) is 12.1 Å². The SMILES string of the molecule is Cc1ccc(S(=O)(=O)Oc2ccc(O)c(C=CC(=O)O)c2)cc1. The van der Waals surface area contributed by atoms with E-state index in [4.69, 9.17) is 9.29 Å². The van der Waals surface area contributed by atoms with Crippen molar-refractivity contribution in [2.75, 3.05) is 0 Å². The molecule has 2 rings (SSSR count). The van der Waals surface area contributed by atoms with E-state index in [1.807, 2.05) is 6.92 Å². The lowest BCUT2D eigenvalue weighted by molar-refractivity contribution is -0.131. The summed E-state index contributed by atoms with van der Waals surface area (Å²) in [5.74, 6) is -1.42. The first-order valence-electron chi connectivity index (χ1n) is 6.53. The van der Waals surface area contributed by atoms with E-state index in [0.29, 0.717) is 0 Å². The van der Waals surface area contributed by atoms with Crippen molar-refractivity contribution in [2.24, 2.45) is 0 Å². The molecule has 0 aliphatic rings. The Bertz CT molecular complexity index is 851. The van der Waals surface area contributed by atoms with Crippen molar-refractivity contribution in [2.45, 2.75) is 11.8 Å². The summed E-state index contributed by atoms with van der Waals surface area (Å²) >= 11 is 0. The molecule has 120 valence electrons. The van der Waals surface area contributed by atoms with E-state index in [0.717, 1.165) is 17.7 Å². The minimum atomic E-state index is -4.01. The van der Waals surface area contributed by atoms with Gasteiger partial charge in [-0.15, -0.1) is 0 Å². The molecule has 23 heavy (non-hydrogen) atoms. The summed E-state index contributed by atoms with van der Waals surface area (Å²) in [5, 5.41) is 18.2.